The lowest BCUT2D eigenvalue weighted by Gasteiger charge is -2.37. The van der Waals surface area contributed by atoms with Gasteiger partial charge in [-0.05, 0) is 25.2 Å². The van der Waals surface area contributed by atoms with Crippen LogP contribution in [0.4, 0.5) is 4.79 Å². The molecule has 3 atom stereocenters. The maximum absolute atomic E-state index is 12.1. The molecular weight excluding hydrogens is 491 g/mol. The standard InChI is InChI=1S/C16H25IN2O9/c1-15(2,7-16(3,17)6-10(22)23)11(13(26)27)19-14(28)18-8(12(24)25)4-5-9(20)21/h8,11H,4-7H2,1-3H3,(H,20,21)(H,22,23)(H,24,25)(H,26,27)(H2,18,19,28). The van der Waals surface area contributed by atoms with Crippen LogP contribution in [-0.2, 0) is 19.2 Å². The zero-order valence-electron chi connectivity index (χ0n) is 15.7. The van der Waals surface area contributed by atoms with Crippen LogP contribution >= 0.6 is 22.6 Å². The van der Waals surface area contributed by atoms with Crippen molar-refractivity contribution in [2.24, 2.45) is 5.41 Å². The fraction of sp³-hybridized carbons (Fsp3) is 0.688. The summed E-state index contributed by atoms with van der Waals surface area (Å²) >= 11 is 1.92. The lowest BCUT2D eigenvalue weighted by molar-refractivity contribution is -0.142. The number of alkyl halides is 1. The number of urea groups is 1. The first kappa shape index (κ1) is 25.9. The Morgan fingerprint density at radius 1 is 0.893 bits per heavy atom. The number of carboxylic acid groups (broad SMARTS) is 4. The van der Waals surface area contributed by atoms with Gasteiger partial charge in [0.1, 0.15) is 12.1 Å². The molecule has 0 aliphatic carbocycles. The van der Waals surface area contributed by atoms with E-state index in [-0.39, 0.29) is 19.3 Å². The van der Waals surface area contributed by atoms with Gasteiger partial charge in [0.25, 0.3) is 0 Å². The minimum absolute atomic E-state index is 0.130. The van der Waals surface area contributed by atoms with E-state index in [0.717, 1.165) is 0 Å². The Morgan fingerprint density at radius 3 is 1.82 bits per heavy atom. The van der Waals surface area contributed by atoms with Crippen LogP contribution in [0.3, 0.4) is 0 Å². The SMILES string of the molecule is CC(I)(CC(=O)O)CC(C)(C)C(NC(=O)NC(CCC(=O)O)C(=O)O)C(=O)O. The van der Waals surface area contributed by atoms with Crippen LogP contribution in [0.1, 0.15) is 46.5 Å². The Balaban J connectivity index is 5.24. The summed E-state index contributed by atoms with van der Waals surface area (Å²) in [5.41, 5.74) is -1.08. The van der Waals surface area contributed by atoms with Gasteiger partial charge >= 0.3 is 29.9 Å². The van der Waals surface area contributed by atoms with Crippen molar-refractivity contribution in [3.63, 3.8) is 0 Å². The second-order valence-corrected chi connectivity index (χ2v) is 9.97. The number of carbonyl (C=O) groups excluding carboxylic acids is 1. The lowest BCUT2D eigenvalue weighted by Crippen LogP contribution is -2.56. The smallest absolute Gasteiger partial charge is 0.326 e. The summed E-state index contributed by atoms with van der Waals surface area (Å²) in [6.07, 6.45) is -0.950. The first-order valence-electron chi connectivity index (χ1n) is 8.22. The van der Waals surface area contributed by atoms with Gasteiger partial charge in [-0.25, -0.2) is 14.4 Å². The Bertz CT molecular complexity index is 634. The van der Waals surface area contributed by atoms with E-state index in [1.165, 1.54) is 0 Å². The van der Waals surface area contributed by atoms with E-state index >= 15 is 0 Å². The third-order valence-electron chi connectivity index (χ3n) is 3.90. The van der Waals surface area contributed by atoms with Crippen molar-refractivity contribution in [1.82, 2.24) is 10.6 Å². The van der Waals surface area contributed by atoms with Gasteiger partial charge in [-0.2, -0.15) is 0 Å². The minimum atomic E-state index is -1.50. The Kier molecular flexibility index (Phi) is 9.64. The number of aliphatic carboxylic acids is 4. The summed E-state index contributed by atoms with van der Waals surface area (Å²) in [7, 11) is 0. The highest BCUT2D eigenvalue weighted by atomic mass is 127. The molecule has 12 heteroatoms. The molecule has 11 nitrogen and oxygen atoms in total. The molecule has 0 spiro atoms. The fourth-order valence-electron chi connectivity index (χ4n) is 2.88. The van der Waals surface area contributed by atoms with Crippen LogP contribution in [0.5, 0.6) is 0 Å². The van der Waals surface area contributed by atoms with Crippen molar-refractivity contribution in [3.8, 4) is 0 Å². The lowest BCUT2D eigenvalue weighted by atomic mass is 9.76. The summed E-state index contributed by atoms with van der Waals surface area (Å²) in [6, 6.07) is -4.02. The second kappa shape index (κ2) is 10.4. The van der Waals surface area contributed by atoms with Crippen molar-refractivity contribution in [1.29, 1.82) is 0 Å². The maximum Gasteiger partial charge on any atom is 0.326 e. The number of hydrogen-bond acceptors (Lipinski definition) is 5. The van der Waals surface area contributed by atoms with E-state index in [4.69, 9.17) is 15.3 Å². The Labute approximate surface area is 175 Å². The quantitative estimate of drug-likeness (QED) is 0.163. The molecule has 0 aromatic rings. The highest BCUT2D eigenvalue weighted by Crippen LogP contribution is 2.39. The van der Waals surface area contributed by atoms with Crippen LogP contribution in [-0.4, -0.2) is 65.8 Å². The summed E-state index contributed by atoms with van der Waals surface area (Å²) < 4.78 is -0.788. The topological polar surface area (TPSA) is 190 Å². The molecule has 0 radical (unpaired) electrons. The maximum atomic E-state index is 12.1. The number of halogens is 1. The van der Waals surface area contributed by atoms with Gasteiger partial charge in [0, 0.05) is 9.84 Å². The molecule has 3 unspecified atom stereocenters. The first-order chi connectivity index (χ1) is 12.6. The van der Waals surface area contributed by atoms with Crippen molar-refractivity contribution < 1.29 is 44.4 Å². The second-order valence-electron chi connectivity index (χ2n) is 7.36. The van der Waals surface area contributed by atoms with Gasteiger partial charge in [-0.3, -0.25) is 9.59 Å². The summed E-state index contributed by atoms with van der Waals surface area (Å²) in [4.78, 5) is 56.5. The summed E-state index contributed by atoms with van der Waals surface area (Å²) in [5.74, 6) is -5.12. The van der Waals surface area contributed by atoms with E-state index in [0.29, 0.717) is 0 Å². The number of hydrogen-bond donors (Lipinski definition) is 6. The van der Waals surface area contributed by atoms with E-state index in [9.17, 15) is 29.1 Å². The van der Waals surface area contributed by atoms with E-state index in [1.807, 2.05) is 22.6 Å². The predicted octanol–water partition coefficient (Wildman–Crippen LogP) is 1.14. The molecule has 0 aromatic heterocycles. The fourth-order valence-corrected chi connectivity index (χ4v) is 4.19. The number of rotatable bonds is 12. The predicted molar refractivity (Wildman–Crippen MR) is 104 cm³/mol. The molecule has 2 amide bonds. The van der Waals surface area contributed by atoms with Gasteiger partial charge in [0.2, 0.25) is 0 Å². The van der Waals surface area contributed by atoms with Crippen molar-refractivity contribution in [3.05, 3.63) is 0 Å². The van der Waals surface area contributed by atoms with Crippen LogP contribution in [0.2, 0.25) is 0 Å². The first-order valence-corrected chi connectivity index (χ1v) is 9.30. The van der Waals surface area contributed by atoms with Gasteiger partial charge in [0.05, 0.1) is 6.42 Å². The molecular formula is C16H25IN2O9. The van der Waals surface area contributed by atoms with Crippen LogP contribution < -0.4 is 10.6 Å². The van der Waals surface area contributed by atoms with Crippen molar-refractivity contribution in [2.45, 2.75) is 62.0 Å². The van der Waals surface area contributed by atoms with E-state index in [1.54, 1.807) is 20.8 Å². The molecule has 0 aliphatic rings. The number of amides is 2. The van der Waals surface area contributed by atoms with Gasteiger partial charge in [0.15, 0.2) is 0 Å². The molecule has 0 bridgehead atoms. The summed E-state index contributed by atoms with van der Waals surface area (Å²) in [6.45, 7) is 4.74. The van der Waals surface area contributed by atoms with Crippen LogP contribution in [0, 0.1) is 5.41 Å². The highest BCUT2D eigenvalue weighted by molar-refractivity contribution is 14.1. The average Bonchev–Trinajstić information content (AvgIpc) is 2.45. The van der Waals surface area contributed by atoms with Gasteiger partial charge < -0.3 is 31.1 Å². The Hall–Kier alpha value is -2.12. The van der Waals surface area contributed by atoms with E-state index in [2.05, 4.69) is 10.6 Å². The number of carbonyl (C=O) groups is 5. The molecule has 0 saturated carbocycles. The summed E-state index contributed by atoms with van der Waals surface area (Å²) in [5, 5.41) is 40.4. The minimum Gasteiger partial charge on any atom is -0.481 e. The monoisotopic (exact) mass is 516 g/mol. The van der Waals surface area contributed by atoms with Crippen molar-refractivity contribution >= 4 is 52.5 Å². The molecule has 0 saturated heterocycles. The molecule has 0 rings (SSSR count). The molecule has 28 heavy (non-hydrogen) atoms. The average molecular weight is 516 g/mol. The zero-order valence-corrected chi connectivity index (χ0v) is 17.8. The third-order valence-corrected chi connectivity index (χ3v) is 4.66. The molecule has 0 heterocycles. The molecule has 0 fully saturated rings. The number of nitrogens with one attached hydrogen (secondary N) is 2. The highest BCUT2D eigenvalue weighted by Gasteiger charge is 2.42. The van der Waals surface area contributed by atoms with Gasteiger partial charge in [-0.15, -0.1) is 0 Å². The van der Waals surface area contributed by atoms with E-state index < -0.39 is 57.2 Å². The molecule has 6 N–H and O–H groups in total. The Morgan fingerprint density at radius 2 is 1.43 bits per heavy atom. The molecule has 0 aliphatic heterocycles. The molecule has 0 aromatic carbocycles. The zero-order chi connectivity index (χ0) is 22.3. The normalized spacial score (nSPS) is 15.6. The molecule has 160 valence electrons. The number of carboxylic acids is 4. The van der Waals surface area contributed by atoms with Crippen LogP contribution in [0.25, 0.3) is 0 Å². The van der Waals surface area contributed by atoms with Crippen molar-refractivity contribution in [2.75, 3.05) is 0 Å². The third kappa shape index (κ3) is 9.71. The van der Waals surface area contributed by atoms with Gasteiger partial charge in [-0.1, -0.05) is 36.4 Å². The largest absolute Gasteiger partial charge is 0.481 e. The van der Waals surface area contributed by atoms with Crippen LogP contribution in [0.15, 0.2) is 0 Å².